The number of aryl methyl sites for hydroxylation is 1. The lowest BCUT2D eigenvalue weighted by Crippen LogP contribution is -2.33. The highest BCUT2D eigenvalue weighted by Crippen LogP contribution is 2.27. The molecule has 0 saturated carbocycles. The third-order valence-electron chi connectivity index (χ3n) is 2.20. The van der Waals surface area contributed by atoms with Crippen molar-refractivity contribution in [2.24, 2.45) is 5.73 Å². The first-order chi connectivity index (χ1) is 6.91. The fourth-order valence-corrected chi connectivity index (χ4v) is 1.82. The number of halogens is 2. The molecule has 1 unspecified atom stereocenters. The molecule has 1 aromatic carbocycles. The predicted molar refractivity (Wildman–Crippen MR) is 63.1 cm³/mol. The first-order valence-corrected chi connectivity index (χ1v) is 5.22. The molecule has 0 bridgehead atoms. The molecule has 0 aliphatic heterocycles. The molecule has 0 heterocycles. The van der Waals surface area contributed by atoms with Gasteiger partial charge in [-0.05, 0) is 31.5 Å². The van der Waals surface area contributed by atoms with Crippen molar-refractivity contribution in [3.63, 3.8) is 0 Å². The second-order valence-corrected chi connectivity index (χ2v) is 4.32. The largest absolute Gasteiger partial charge is 0.372 e. The maximum Gasteiger partial charge on any atom is 0.128 e. The lowest BCUT2D eigenvalue weighted by atomic mass is 10.2. The Kier molecular flexibility index (Phi) is 3.94. The van der Waals surface area contributed by atoms with E-state index in [-0.39, 0.29) is 11.9 Å². The second-order valence-electron chi connectivity index (χ2n) is 3.91. The molecule has 0 aromatic heterocycles. The first kappa shape index (κ1) is 12.3. The van der Waals surface area contributed by atoms with Crippen LogP contribution in [0.2, 0.25) is 5.02 Å². The standard InChI is InChI=1S/C11H16ClFN2/c1-7-4-9(12)11(5-10(7)13)15(3)6-8(2)14/h4-5,8H,6,14H2,1-3H3. The second kappa shape index (κ2) is 4.81. The number of hydrogen-bond acceptors (Lipinski definition) is 2. The lowest BCUT2D eigenvalue weighted by Gasteiger charge is -2.22. The van der Waals surface area contributed by atoms with E-state index in [0.29, 0.717) is 22.8 Å². The van der Waals surface area contributed by atoms with Gasteiger partial charge < -0.3 is 10.6 Å². The van der Waals surface area contributed by atoms with E-state index in [1.54, 1.807) is 13.0 Å². The normalized spacial score (nSPS) is 12.7. The fraction of sp³-hybridized carbons (Fsp3) is 0.455. The van der Waals surface area contributed by atoms with Crippen LogP contribution in [0, 0.1) is 12.7 Å². The Bertz CT molecular complexity index is 353. The quantitative estimate of drug-likeness (QED) is 0.865. The molecule has 0 fully saturated rings. The smallest absolute Gasteiger partial charge is 0.128 e. The van der Waals surface area contributed by atoms with Crippen LogP contribution in [-0.4, -0.2) is 19.6 Å². The van der Waals surface area contributed by atoms with Crippen molar-refractivity contribution < 1.29 is 4.39 Å². The number of likely N-dealkylation sites (N-methyl/N-ethyl adjacent to an activating group) is 1. The van der Waals surface area contributed by atoms with Gasteiger partial charge in [0.15, 0.2) is 0 Å². The molecule has 84 valence electrons. The summed E-state index contributed by atoms with van der Waals surface area (Å²) in [6.45, 7) is 4.23. The van der Waals surface area contributed by atoms with E-state index >= 15 is 0 Å². The molecular weight excluding hydrogens is 215 g/mol. The summed E-state index contributed by atoms with van der Waals surface area (Å²) in [4.78, 5) is 1.86. The summed E-state index contributed by atoms with van der Waals surface area (Å²) in [6.07, 6.45) is 0. The molecule has 1 rings (SSSR count). The van der Waals surface area contributed by atoms with Gasteiger partial charge in [-0.15, -0.1) is 0 Å². The van der Waals surface area contributed by atoms with E-state index in [1.807, 2.05) is 18.9 Å². The van der Waals surface area contributed by atoms with E-state index in [4.69, 9.17) is 17.3 Å². The van der Waals surface area contributed by atoms with Crippen molar-refractivity contribution >= 4 is 17.3 Å². The maximum atomic E-state index is 13.3. The molecule has 1 atom stereocenters. The van der Waals surface area contributed by atoms with Gasteiger partial charge in [0.25, 0.3) is 0 Å². The van der Waals surface area contributed by atoms with Gasteiger partial charge in [0, 0.05) is 19.6 Å². The van der Waals surface area contributed by atoms with Crippen LogP contribution in [-0.2, 0) is 0 Å². The Hall–Kier alpha value is -0.800. The summed E-state index contributed by atoms with van der Waals surface area (Å²) >= 11 is 6.03. The zero-order valence-electron chi connectivity index (χ0n) is 9.22. The third-order valence-corrected chi connectivity index (χ3v) is 2.50. The molecule has 0 amide bonds. The average molecular weight is 231 g/mol. The van der Waals surface area contributed by atoms with Crippen LogP contribution in [0.4, 0.5) is 10.1 Å². The van der Waals surface area contributed by atoms with Gasteiger partial charge in [0.1, 0.15) is 5.82 Å². The number of benzene rings is 1. The van der Waals surface area contributed by atoms with Crippen LogP contribution in [0.1, 0.15) is 12.5 Å². The molecule has 15 heavy (non-hydrogen) atoms. The van der Waals surface area contributed by atoms with E-state index in [2.05, 4.69) is 0 Å². The Labute approximate surface area is 94.8 Å². The summed E-state index contributed by atoms with van der Waals surface area (Å²) in [7, 11) is 1.85. The molecule has 0 spiro atoms. The van der Waals surface area contributed by atoms with Crippen molar-refractivity contribution in [1.29, 1.82) is 0 Å². The van der Waals surface area contributed by atoms with E-state index < -0.39 is 0 Å². The highest BCUT2D eigenvalue weighted by molar-refractivity contribution is 6.33. The molecule has 1 aromatic rings. The van der Waals surface area contributed by atoms with Gasteiger partial charge >= 0.3 is 0 Å². The molecule has 4 heteroatoms. The molecule has 0 radical (unpaired) electrons. The summed E-state index contributed by atoms with van der Waals surface area (Å²) in [5, 5.41) is 0.553. The SMILES string of the molecule is Cc1cc(Cl)c(N(C)CC(C)N)cc1F. The first-order valence-electron chi connectivity index (χ1n) is 4.84. The lowest BCUT2D eigenvalue weighted by molar-refractivity contribution is 0.617. The minimum Gasteiger partial charge on any atom is -0.372 e. The van der Waals surface area contributed by atoms with Gasteiger partial charge in [0.2, 0.25) is 0 Å². The van der Waals surface area contributed by atoms with Gasteiger partial charge in [-0.1, -0.05) is 11.6 Å². The van der Waals surface area contributed by atoms with Gasteiger partial charge in [0.05, 0.1) is 10.7 Å². The monoisotopic (exact) mass is 230 g/mol. The van der Waals surface area contributed by atoms with Crippen LogP contribution >= 0.6 is 11.6 Å². The number of nitrogens with zero attached hydrogens (tertiary/aromatic N) is 1. The Morgan fingerprint density at radius 2 is 2.13 bits per heavy atom. The van der Waals surface area contributed by atoms with Crippen molar-refractivity contribution in [3.8, 4) is 0 Å². The number of rotatable bonds is 3. The van der Waals surface area contributed by atoms with Crippen LogP contribution < -0.4 is 10.6 Å². The summed E-state index contributed by atoms with van der Waals surface area (Å²) in [5.41, 5.74) is 6.90. The average Bonchev–Trinajstić information content (AvgIpc) is 2.09. The van der Waals surface area contributed by atoms with Crippen LogP contribution in [0.25, 0.3) is 0 Å². The Balaban J connectivity index is 2.98. The van der Waals surface area contributed by atoms with Gasteiger partial charge in [-0.3, -0.25) is 0 Å². The molecule has 2 N–H and O–H groups in total. The minimum absolute atomic E-state index is 0.0235. The summed E-state index contributed by atoms with van der Waals surface area (Å²) in [6, 6.07) is 3.10. The van der Waals surface area contributed by atoms with Gasteiger partial charge in [-0.2, -0.15) is 0 Å². The number of hydrogen-bond donors (Lipinski definition) is 1. The topological polar surface area (TPSA) is 29.3 Å². The molecule has 0 aliphatic carbocycles. The van der Waals surface area contributed by atoms with E-state index in [1.165, 1.54) is 6.07 Å². The number of anilines is 1. The fourth-order valence-electron chi connectivity index (χ4n) is 1.46. The summed E-state index contributed by atoms with van der Waals surface area (Å²) < 4.78 is 13.3. The highest BCUT2D eigenvalue weighted by atomic mass is 35.5. The number of nitrogens with two attached hydrogens (primary N) is 1. The molecule has 0 saturated heterocycles. The molecule has 0 aliphatic rings. The van der Waals surface area contributed by atoms with Crippen LogP contribution in [0.15, 0.2) is 12.1 Å². The highest BCUT2D eigenvalue weighted by Gasteiger charge is 2.10. The van der Waals surface area contributed by atoms with Crippen molar-refractivity contribution in [2.75, 3.05) is 18.5 Å². The zero-order chi connectivity index (χ0) is 11.6. The maximum absolute atomic E-state index is 13.3. The van der Waals surface area contributed by atoms with Crippen LogP contribution in [0.5, 0.6) is 0 Å². The molecular formula is C11H16ClFN2. The predicted octanol–water partition coefficient (Wildman–Crippen LogP) is 2.57. The Morgan fingerprint density at radius 3 is 2.67 bits per heavy atom. The van der Waals surface area contributed by atoms with Crippen molar-refractivity contribution in [3.05, 3.63) is 28.5 Å². The Morgan fingerprint density at radius 1 is 1.53 bits per heavy atom. The molecule has 2 nitrogen and oxygen atoms in total. The van der Waals surface area contributed by atoms with Crippen molar-refractivity contribution in [2.45, 2.75) is 19.9 Å². The minimum atomic E-state index is -0.245. The van der Waals surface area contributed by atoms with E-state index in [0.717, 1.165) is 0 Å². The van der Waals surface area contributed by atoms with Crippen LogP contribution in [0.3, 0.4) is 0 Å². The van der Waals surface area contributed by atoms with Crippen molar-refractivity contribution in [1.82, 2.24) is 0 Å². The third kappa shape index (κ3) is 3.08. The van der Waals surface area contributed by atoms with E-state index in [9.17, 15) is 4.39 Å². The van der Waals surface area contributed by atoms with Gasteiger partial charge in [-0.25, -0.2) is 4.39 Å². The summed E-state index contributed by atoms with van der Waals surface area (Å²) in [5.74, 6) is -0.245. The zero-order valence-corrected chi connectivity index (χ0v) is 9.98.